The Morgan fingerprint density at radius 2 is 1.78 bits per heavy atom. The quantitative estimate of drug-likeness (QED) is 0.439. The van der Waals surface area contributed by atoms with Gasteiger partial charge in [-0.2, -0.15) is 0 Å². The first-order chi connectivity index (χ1) is 12.7. The van der Waals surface area contributed by atoms with Gasteiger partial charge in [-0.3, -0.25) is 0 Å². The molecule has 0 spiro atoms. The van der Waals surface area contributed by atoms with E-state index in [1.54, 1.807) is 0 Å². The van der Waals surface area contributed by atoms with Crippen LogP contribution >= 0.6 is 0 Å². The lowest BCUT2D eigenvalue weighted by Gasteiger charge is -2.38. The van der Waals surface area contributed by atoms with Crippen molar-refractivity contribution < 1.29 is 15.3 Å². The number of aromatic hydroxyl groups is 2. The number of hydrogen-bond donors (Lipinski definition) is 3. The minimum absolute atomic E-state index is 0.0125. The van der Waals surface area contributed by atoms with E-state index in [1.165, 1.54) is 0 Å². The molecule has 1 fully saturated rings. The summed E-state index contributed by atoms with van der Waals surface area (Å²) in [7, 11) is 0. The van der Waals surface area contributed by atoms with Crippen LogP contribution in [0.1, 0.15) is 89.7 Å². The molecule has 150 valence electrons. The zero-order valence-electron chi connectivity index (χ0n) is 17.3. The summed E-state index contributed by atoms with van der Waals surface area (Å²) >= 11 is 0. The smallest absolute Gasteiger partial charge is 0.123 e. The fourth-order valence-electron chi connectivity index (χ4n) is 4.63. The number of rotatable bonds is 7. The molecule has 0 radical (unpaired) electrons. The van der Waals surface area contributed by atoms with Gasteiger partial charge in [0.15, 0.2) is 0 Å². The molecule has 3 N–H and O–H groups in total. The molecule has 3 heteroatoms. The van der Waals surface area contributed by atoms with Gasteiger partial charge in [0.1, 0.15) is 11.5 Å². The van der Waals surface area contributed by atoms with Crippen molar-refractivity contribution in [3.63, 3.8) is 0 Å². The second-order valence-electron chi connectivity index (χ2n) is 9.20. The van der Waals surface area contributed by atoms with E-state index in [9.17, 15) is 15.3 Å². The van der Waals surface area contributed by atoms with Crippen LogP contribution in [-0.4, -0.2) is 21.4 Å². The van der Waals surface area contributed by atoms with Crippen molar-refractivity contribution >= 4 is 0 Å². The lowest BCUT2D eigenvalue weighted by Crippen LogP contribution is -2.29. The predicted octanol–water partition coefficient (Wildman–Crippen LogP) is 5.47. The minimum Gasteiger partial charge on any atom is -0.508 e. The van der Waals surface area contributed by atoms with Crippen molar-refractivity contribution in [2.24, 2.45) is 11.8 Å². The summed E-state index contributed by atoms with van der Waals surface area (Å²) in [5, 5.41) is 31.8. The Kier molecular flexibility index (Phi) is 7.23. The normalized spacial score (nSPS) is 23.4. The number of aliphatic hydroxyl groups excluding tert-OH is 1. The highest BCUT2D eigenvalue weighted by Crippen LogP contribution is 2.49. The van der Waals surface area contributed by atoms with Crippen molar-refractivity contribution in [3.8, 4) is 23.8 Å². The van der Waals surface area contributed by atoms with E-state index in [4.69, 9.17) is 6.42 Å². The molecule has 0 bridgehead atoms. The highest BCUT2D eigenvalue weighted by Gasteiger charge is 2.36. The van der Waals surface area contributed by atoms with Crippen molar-refractivity contribution in [2.45, 2.75) is 90.1 Å². The number of unbranched alkanes of at least 4 members (excludes halogenated alkanes) is 2. The number of hydrogen-bond acceptors (Lipinski definition) is 3. The molecule has 0 unspecified atom stereocenters. The summed E-state index contributed by atoms with van der Waals surface area (Å²) in [4.78, 5) is 0. The van der Waals surface area contributed by atoms with Crippen molar-refractivity contribution in [1.82, 2.24) is 0 Å². The fraction of sp³-hybridized carbons (Fsp3) is 0.667. The molecule has 27 heavy (non-hydrogen) atoms. The Morgan fingerprint density at radius 3 is 2.33 bits per heavy atom. The van der Waals surface area contributed by atoms with Crippen LogP contribution in [-0.2, 0) is 5.41 Å². The van der Waals surface area contributed by atoms with E-state index >= 15 is 0 Å². The van der Waals surface area contributed by atoms with Gasteiger partial charge in [0.05, 0.1) is 6.10 Å². The maximum absolute atomic E-state index is 10.8. The highest BCUT2D eigenvalue weighted by molar-refractivity contribution is 5.51. The number of phenols is 2. The van der Waals surface area contributed by atoms with Crippen LogP contribution in [0.5, 0.6) is 11.5 Å². The zero-order chi connectivity index (χ0) is 20.2. The molecule has 1 aromatic carbocycles. The Labute approximate surface area is 164 Å². The standard InChI is InChI=1S/C24H36O3/c1-6-7-8-9-12-24(4,5)17-13-21(26)23(22(27)14-17)20-15-18(25)10-11-19(20)16(2)3/h1,13-14,16,18-20,25-27H,7-12,15H2,2-5H3/t18-,19-,20+/m0/s1. The summed E-state index contributed by atoms with van der Waals surface area (Å²) in [6, 6.07) is 3.63. The molecule has 3 nitrogen and oxygen atoms in total. The average Bonchev–Trinajstić information content (AvgIpc) is 2.58. The molecule has 1 saturated carbocycles. The molecule has 0 aromatic heterocycles. The van der Waals surface area contributed by atoms with E-state index in [-0.39, 0.29) is 28.9 Å². The van der Waals surface area contributed by atoms with Gasteiger partial charge in [-0.1, -0.05) is 34.1 Å². The SMILES string of the molecule is C#CCCCCC(C)(C)c1cc(O)c([C@@H]2C[C@@H](O)CC[C@H]2C(C)C)c(O)c1. The number of terminal acetylenes is 1. The van der Waals surface area contributed by atoms with E-state index in [0.29, 0.717) is 23.8 Å². The van der Waals surface area contributed by atoms with Gasteiger partial charge < -0.3 is 15.3 Å². The molecule has 0 heterocycles. The molecule has 0 amide bonds. The second kappa shape index (κ2) is 9.02. The van der Waals surface area contributed by atoms with Gasteiger partial charge in [0.25, 0.3) is 0 Å². The zero-order valence-corrected chi connectivity index (χ0v) is 17.3. The molecular formula is C24H36O3. The molecular weight excluding hydrogens is 336 g/mol. The molecule has 1 aliphatic carbocycles. The average molecular weight is 373 g/mol. The summed E-state index contributed by atoms with van der Waals surface area (Å²) in [5.41, 5.74) is 1.41. The first-order valence-corrected chi connectivity index (χ1v) is 10.3. The summed E-state index contributed by atoms with van der Waals surface area (Å²) in [6.07, 6.45) is 11.0. The molecule has 1 aliphatic rings. The number of phenolic OH excluding ortho intramolecular Hbond substituents is 2. The summed E-state index contributed by atoms with van der Waals surface area (Å²) in [6.45, 7) is 8.63. The maximum atomic E-state index is 10.8. The Bertz CT molecular complexity index is 646. The summed E-state index contributed by atoms with van der Waals surface area (Å²) < 4.78 is 0. The van der Waals surface area contributed by atoms with Crippen molar-refractivity contribution in [1.29, 1.82) is 0 Å². The van der Waals surface area contributed by atoms with Crippen LogP contribution in [0.15, 0.2) is 12.1 Å². The van der Waals surface area contributed by atoms with Gasteiger partial charge in [-0.05, 0) is 73.0 Å². The van der Waals surface area contributed by atoms with Crippen LogP contribution in [0.25, 0.3) is 0 Å². The van der Waals surface area contributed by atoms with Gasteiger partial charge in [0, 0.05) is 12.0 Å². The molecule has 0 aliphatic heterocycles. The van der Waals surface area contributed by atoms with E-state index in [1.807, 2.05) is 12.1 Å². The fourth-order valence-corrected chi connectivity index (χ4v) is 4.63. The second-order valence-corrected chi connectivity index (χ2v) is 9.20. The molecule has 1 aromatic rings. The largest absolute Gasteiger partial charge is 0.508 e. The third-order valence-corrected chi connectivity index (χ3v) is 6.39. The van der Waals surface area contributed by atoms with E-state index < -0.39 is 0 Å². The van der Waals surface area contributed by atoms with Crippen LogP contribution in [0.2, 0.25) is 0 Å². The lowest BCUT2D eigenvalue weighted by atomic mass is 9.68. The first-order valence-electron chi connectivity index (χ1n) is 10.3. The van der Waals surface area contributed by atoms with Gasteiger partial charge in [-0.15, -0.1) is 12.3 Å². The number of aliphatic hydroxyl groups is 1. The van der Waals surface area contributed by atoms with Gasteiger partial charge in [-0.25, -0.2) is 0 Å². The van der Waals surface area contributed by atoms with E-state index in [0.717, 1.165) is 44.1 Å². The van der Waals surface area contributed by atoms with Crippen molar-refractivity contribution in [3.05, 3.63) is 23.3 Å². The minimum atomic E-state index is -0.365. The molecule has 2 rings (SSSR count). The summed E-state index contributed by atoms with van der Waals surface area (Å²) in [5.74, 6) is 3.77. The monoisotopic (exact) mass is 372 g/mol. The highest BCUT2D eigenvalue weighted by atomic mass is 16.3. The van der Waals surface area contributed by atoms with Gasteiger partial charge >= 0.3 is 0 Å². The van der Waals surface area contributed by atoms with Crippen LogP contribution < -0.4 is 0 Å². The predicted molar refractivity (Wildman–Crippen MR) is 111 cm³/mol. The van der Waals surface area contributed by atoms with Crippen LogP contribution in [0, 0.1) is 24.2 Å². The topological polar surface area (TPSA) is 60.7 Å². The third kappa shape index (κ3) is 5.20. The Hall–Kier alpha value is -1.66. The van der Waals surface area contributed by atoms with Crippen molar-refractivity contribution in [2.75, 3.05) is 0 Å². The van der Waals surface area contributed by atoms with Crippen LogP contribution in [0.3, 0.4) is 0 Å². The Morgan fingerprint density at radius 1 is 1.15 bits per heavy atom. The van der Waals surface area contributed by atoms with Crippen LogP contribution in [0.4, 0.5) is 0 Å². The molecule has 3 atom stereocenters. The van der Waals surface area contributed by atoms with Gasteiger partial charge in [0.2, 0.25) is 0 Å². The lowest BCUT2D eigenvalue weighted by molar-refractivity contribution is 0.0782. The van der Waals surface area contributed by atoms with E-state index in [2.05, 4.69) is 33.6 Å². The third-order valence-electron chi connectivity index (χ3n) is 6.39. The maximum Gasteiger partial charge on any atom is 0.123 e. The molecule has 0 saturated heterocycles. The first kappa shape index (κ1) is 21.6. The number of benzene rings is 1. The Balaban J connectivity index is 2.29.